The fraction of sp³-hybridized carbons (Fsp3) is 0.471. The van der Waals surface area contributed by atoms with E-state index in [0.717, 1.165) is 33.3 Å². The van der Waals surface area contributed by atoms with E-state index in [-0.39, 0.29) is 5.63 Å². The molecular weight excluding hydrogens is 266 g/mol. The second-order valence-corrected chi connectivity index (χ2v) is 7.03. The van der Waals surface area contributed by atoms with E-state index >= 15 is 0 Å². The van der Waals surface area contributed by atoms with Gasteiger partial charge in [0, 0.05) is 22.6 Å². The number of aryl methyl sites for hydroxylation is 2. The lowest BCUT2D eigenvalue weighted by Gasteiger charge is -2.26. The van der Waals surface area contributed by atoms with Gasteiger partial charge in [-0.1, -0.05) is 0 Å². The van der Waals surface area contributed by atoms with Gasteiger partial charge in [0.25, 0.3) is 0 Å². The van der Waals surface area contributed by atoms with Crippen LogP contribution in [-0.4, -0.2) is 38.8 Å². The van der Waals surface area contributed by atoms with Crippen LogP contribution in [0.3, 0.4) is 0 Å². The molecule has 2 heterocycles. The van der Waals surface area contributed by atoms with E-state index in [0.29, 0.717) is 18.1 Å². The first-order chi connectivity index (χ1) is 9.76. The molecule has 1 unspecified atom stereocenters. The van der Waals surface area contributed by atoms with E-state index in [1.54, 1.807) is 6.07 Å². The molecule has 0 radical (unpaired) electrons. The number of likely N-dealkylation sites (N-methyl/N-ethyl adjacent to an activating group) is 1. The van der Waals surface area contributed by atoms with Gasteiger partial charge in [0.1, 0.15) is 17.9 Å². The molecular formula is C17H22NO3+. The monoisotopic (exact) mass is 288 g/mol. The highest BCUT2D eigenvalue weighted by Crippen LogP contribution is 2.41. The van der Waals surface area contributed by atoms with Crippen LogP contribution in [0.1, 0.15) is 22.6 Å². The lowest BCUT2D eigenvalue weighted by molar-refractivity contribution is -0.871. The van der Waals surface area contributed by atoms with Crippen LogP contribution in [0.4, 0.5) is 0 Å². The number of quaternary nitrogens is 1. The second kappa shape index (κ2) is 4.60. The summed E-state index contributed by atoms with van der Waals surface area (Å²) in [4.78, 5) is 11.6. The average Bonchev–Trinajstić information content (AvgIpc) is 2.72. The van der Waals surface area contributed by atoms with E-state index in [1.165, 1.54) is 5.56 Å². The van der Waals surface area contributed by atoms with Crippen LogP contribution in [0.2, 0.25) is 0 Å². The van der Waals surface area contributed by atoms with Gasteiger partial charge >= 0.3 is 5.63 Å². The predicted molar refractivity (Wildman–Crippen MR) is 83.1 cm³/mol. The zero-order chi connectivity index (χ0) is 15.4. The molecule has 0 saturated heterocycles. The summed E-state index contributed by atoms with van der Waals surface area (Å²) in [7, 11) is 6.57. The third kappa shape index (κ3) is 2.44. The van der Waals surface area contributed by atoms with Crippen LogP contribution < -0.4 is 10.4 Å². The zero-order valence-corrected chi connectivity index (χ0v) is 13.3. The Morgan fingerprint density at radius 3 is 2.62 bits per heavy atom. The molecule has 0 spiro atoms. The largest absolute Gasteiger partial charge is 0.492 e. The van der Waals surface area contributed by atoms with Gasteiger partial charge in [-0.25, -0.2) is 4.79 Å². The van der Waals surface area contributed by atoms with E-state index in [4.69, 9.17) is 9.15 Å². The van der Waals surface area contributed by atoms with Crippen molar-refractivity contribution >= 4 is 11.0 Å². The predicted octanol–water partition coefficient (Wildman–Crippen LogP) is 2.59. The Balaban J connectivity index is 2.20. The Morgan fingerprint density at radius 1 is 1.24 bits per heavy atom. The van der Waals surface area contributed by atoms with Gasteiger partial charge in [0.2, 0.25) is 0 Å². The van der Waals surface area contributed by atoms with Gasteiger partial charge in [0.05, 0.1) is 33.6 Å². The Kier molecular flexibility index (Phi) is 3.10. The van der Waals surface area contributed by atoms with Crippen LogP contribution in [0.5, 0.6) is 5.75 Å². The number of benzene rings is 1. The molecule has 4 heteroatoms. The third-order valence-corrected chi connectivity index (χ3v) is 4.09. The standard InChI is InChI=1S/C17H22NO3/c1-10-6-15(19)21-17-11(2)16-14(7-13(10)17)12(9-20-16)8-18(3,4)5/h6-7,12H,8-9H2,1-5H3/q+1. The summed E-state index contributed by atoms with van der Waals surface area (Å²) in [5, 5.41) is 1.02. The molecule has 0 fully saturated rings. The minimum absolute atomic E-state index is 0.302. The molecule has 3 rings (SSSR count). The van der Waals surface area contributed by atoms with Crippen molar-refractivity contribution in [2.45, 2.75) is 19.8 Å². The first-order valence-electron chi connectivity index (χ1n) is 7.27. The minimum atomic E-state index is -0.302. The van der Waals surface area contributed by atoms with E-state index < -0.39 is 0 Å². The third-order valence-electron chi connectivity index (χ3n) is 4.09. The zero-order valence-electron chi connectivity index (χ0n) is 13.3. The summed E-state index contributed by atoms with van der Waals surface area (Å²) < 4.78 is 12.2. The molecule has 1 aliphatic heterocycles. The van der Waals surface area contributed by atoms with Gasteiger partial charge in [-0.05, 0) is 25.5 Å². The molecule has 0 bridgehead atoms. The summed E-state index contributed by atoms with van der Waals surface area (Å²) >= 11 is 0. The van der Waals surface area contributed by atoms with Gasteiger partial charge in [-0.2, -0.15) is 0 Å². The van der Waals surface area contributed by atoms with E-state index in [1.807, 2.05) is 13.8 Å². The molecule has 0 amide bonds. The van der Waals surface area contributed by atoms with Gasteiger partial charge in [-0.15, -0.1) is 0 Å². The quantitative estimate of drug-likeness (QED) is 0.630. The van der Waals surface area contributed by atoms with Crippen LogP contribution in [0.15, 0.2) is 21.3 Å². The molecule has 1 atom stereocenters. The molecule has 1 aliphatic rings. The highest BCUT2D eigenvalue weighted by Gasteiger charge is 2.31. The molecule has 0 N–H and O–H groups in total. The SMILES string of the molecule is Cc1cc(=O)oc2c(C)c3c(cc12)C(C[N+](C)(C)C)CO3. The lowest BCUT2D eigenvalue weighted by Crippen LogP contribution is -2.38. The summed E-state index contributed by atoms with van der Waals surface area (Å²) in [5.41, 5.74) is 3.49. The van der Waals surface area contributed by atoms with Crippen molar-refractivity contribution in [3.8, 4) is 5.75 Å². The van der Waals surface area contributed by atoms with Crippen LogP contribution >= 0.6 is 0 Å². The average molecular weight is 288 g/mol. The van der Waals surface area contributed by atoms with Crippen LogP contribution in [0.25, 0.3) is 11.0 Å². The summed E-state index contributed by atoms with van der Waals surface area (Å²) in [5.74, 6) is 1.28. The van der Waals surface area contributed by atoms with Crippen molar-refractivity contribution in [3.05, 3.63) is 39.2 Å². The number of nitrogens with zero attached hydrogens (tertiary/aromatic N) is 1. The molecule has 112 valence electrons. The number of hydrogen-bond acceptors (Lipinski definition) is 3. The second-order valence-electron chi connectivity index (χ2n) is 7.03. The number of hydrogen-bond donors (Lipinski definition) is 0. The first kappa shape index (κ1) is 14.1. The highest BCUT2D eigenvalue weighted by molar-refractivity contribution is 5.86. The van der Waals surface area contributed by atoms with Crippen molar-refractivity contribution in [2.75, 3.05) is 34.3 Å². The molecule has 1 aromatic heterocycles. The van der Waals surface area contributed by atoms with Crippen molar-refractivity contribution in [1.29, 1.82) is 0 Å². The molecule has 2 aromatic rings. The summed E-state index contributed by atoms with van der Waals surface area (Å²) in [6.07, 6.45) is 0. The molecule has 1 aromatic carbocycles. The number of rotatable bonds is 2. The van der Waals surface area contributed by atoms with Crippen molar-refractivity contribution in [2.24, 2.45) is 0 Å². The summed E-state index contributed by atoms with van der Waals surface area (Å²) in [6, 6.07) is 3.70. The molecule has 0 aliphatic carbocycles. The fourth-order valence-corrected chi connectivity index (χ4v) is 3.20. The molecule has 4 nitrogen and oxygen atoms in total. The summed E-state index contributed by atoms with van der Waals surface area (Å²) in [6.45, 7) is 5.65. The van der Waals surface area contributed by atoms with Crippen LogP contribution in [-0.2, 0) is 0 Å². The topological polar surface area (TPSA) is 39.4 Å². The van der Waals surface area contributed by atoms with E-state index in [9.17, 15) is 4.79 Å². The van der Waals surface area contributed by atoms with Crippen molar-refractivity contribution in [3.63, 3.8) is 0 Å². The number of ether oxygens (including phenoxy) is 1. The maximum atomic E-state index is 11.6. The first-order valence-corrected chi connectivity index (χ1v) is 7.27. The fourth-order valence-electron chi connectivity index (χ4n) is 3.20. The Hall–Kier alpha value is -1.81. The van der Waals surface area contributed by atoms with E-state index in [2.05, 4.69) is 27.2 Å². The Morgan fingerprint density at radius 2 is 1.95 bits per heavy atom. The van der Waals surface area contributed by atoms with Crippen molar-refractivity contribution < 1.29 is 13.6 Å². The van der Waals surface area contributed by atoms with Gasteiger partial charge in [0.15, 0.2) is 0 Å². The number of fused-ring (bicyclic) bond motifs is 2. The maximum Gasteiger partial charge on any atom is 0.336 e. The highest BCUT2D eigenvalue weighted by atomic mass is 16.5. The lowest BCUT2D eigenvalue weighted by atomic mass is 9.95. The Bertz CT molecular complexity index is 768. The minimum Gasteiger partial charge on any atom is -0.492 e. The Labute approximate surface area is 124 Å². The van der Waals surface area contributed by atoms with Crippen molar-refractivity contribution in [1.82, 2.24) is 0 Å². The smallest absolute Gasteiger partial charge is 0.336 e. The normalized spacial score (nSPS) is 17.9. The van der Waals surface area contributed by atoms with Gasteiger partial charge in [-0.3, -0.25) is 0 Å². The van der Waals surface area contributed by atoms with Crippen LogP contribution in [0, 0.1) is 13.8 Å². The maximum absolute atomic E-state index is 11.6. The molecule has 0 saturated carbocycles. The van der Waals surface area contributed by atoms with Gasteiger partial charge < -0.3 is 13.6 Å². The molecule has 21 heavy (non-hydrogen) atoms.